The summed E-state index contributed by atoms with van der Waals surface area (Å²) in [5, 5.41) is 11.3. The van der Waals surface area contributed by atoms with Gasteiger partial charge in [-0.05, 0) is 116 Å². The van der Waals surface area contributed by atoms with Gasteiger partial charge in [0.05, 0.1) is 17.0 Å². The van der Waals surface area contributed by atoms with Crippen molar-refractivity contribution in [3.05, 3.63) is 99.8 Å². The van der Waals surface area contributed by atoms with Crippen molar-refractivity contribution < 1.29 is 0 Å². The highest BCUT2D eigenvalue weighted by atomic mass is 127. The van der Waals surface area contributed by atoms with Crippen molar-refractivity contribution in [1.82, 2.24) is 9.47 Å². The summed E-state index contributed by atoms with van der Waals surface area (Å²) in [4.78, 5) is 2.55. The zero-order valence-corrected chi connectivity index (χ0v) is 21.6. The van der Waals surface area contributed by atoms with E-state index >= 15 is 0 Å². The molecule has 1 saturated heterocycles. The molecule has 1 aliphatic rings. The molecule has 0 spiro atoms. The van der Waals surface area contributed by atoms with E-state index in [9.17, 15) is 5.26 Å². The second-order valence-electron chi connectivity index (χ2n) is 9.38. The van der Waals surface area contributed by atoms with Crippen LogP contribution in [0.1, 0.15) is 36.8 Å². The molecule has 3 nitrogen and oxygen atoms in total. The first kappa shape index (κ1) is 23.1. The molecule has 172 valence electrons. The number of hydrogen-bond donors (Lipinski definition) is 0. The summed E-state index contributed by atoms with van der Waals surface area (Å²) in [6.45, 7) is 3.13. The third-order valence-corrected chi connectivity index (χ3v) is 8.04. The normalized spacial score (nSPS) is 15.9. The molecular weight excluding hydrogens is 529 g/mol. The molecule has 0 saturated carbocycles. The lowest BCUT2D eigenvalue weighted by molar-refractivity contribution is 0.183. The molecule has 0 unspecified atom stereocenters. The molecule has 0 atom stereocenters. The lowest BCUT2D eigenvalue weighted by Crippen LogP contribution is -2.42. The third kappa shape index (κ3) is 4.78. The molecule has 4 aromatic rings. The van der Waals surface area contributed by atoms with Crippen molar-refractivity contribution in [2.75, 3.05) is 19.6 Å². The van der Waals surface area contributed by atoms with E-state index in [1.54, 1.807) is 0 Å². The van der Waals surface area contributed by atoms with Gasteiger partial charge in [0.2, 0.25) is 0 Å². The van der Waals surface area contributed by atoms with Crippen LogP contribution in [-0.4, -0.2) is 29.1 Å². The van der Waals surface area contributed by atoms with Gasteiger partial charge in [0.25, 0.3) is 0 Å². The fourth-order valence-corrected chi connectivity index (χ4v) is 5.66. The Morgan fingerprint density at radius 3 is 2.29 bits per heavy atom. The average molecular weight is 559 g/mol. The summed E-state index contributed by atoms with van der Waals surface area (Å²) in [5.74, 6) is 0. The molecule has 0 amide bonds. The molecule has 5 rings (SSSR count). The van der Waals surface area contributed by atoms with E-state index in [1.165, 1.54) is 44.1 Å². The summed E-state index contributed by atoms with van der Waals surface area (Å²) >= 11 is 2.36. The van der Waals surface area contributed by atoms with Gasteiger partial charge in [-0.2, -0.15) is 5.26 Å². The van der Waals surface area contributed by atoms with Crippen LogP contribution in [0, 0.1) is 14.9 Å². The van der Waals surface area contributed by atoms with Crippen LogP contribution >= 0.6 is 22.6 Å². The lowest BCUT2D eigenvalue weighted by Gasteiger charge is -2.37. The van der Waals surface area contributed by atoms with Crippen molar-refractivity contribution in [3.8, 4) is 11.8 Å². The highest BCUT2D eigenvalue weighted by molar-refractivity contribution is 14.1. The smallest absolute Gasteiger partial charge is 0.0846 e. The van der Waals surface area contributed by atoms with Crippen LogP contribution in [0.3, 0.4) is 0 Å². The molecule has 0 aliphatic carbocycles. The Labute approximate surface area is 216 Å². The topological polar surface area (TPSA) is 32.0 Å². The van der Waals surface area contributed by atoms with Gasteiger partial charge in [-0.25, -0.2) is 0 Å². The Kier molecular flexibility index (Phi) is 7.03. The monoisotopic (exact) mass is 559 g/mol. The second kappa shape index (κ2) is 10.3. The summed E-state index contributed by atoms with van der Waals surface area (Å²) in [6, 6.07) is 30.5. The molecule has 1 aliphatic heterocycles. The number of unbranched alkanes of at least 4 members (excludes halogenated alkanes) is 1. The summed E-state index contributed by atoms with van der Waals surface area (Å²) < 4.78 is 3.59. The number of para-hydroxylation sites is 1. The maximum atomic E-state index is 9.93. The quantitative estimate of drug-likeness (QED) is 0.179. The van der Waals surface area contributed by atoms with E-state index < -0.39 is 0 Å². The van der Waals surface area contributed by atoms with Crippen LogP contribution in [0.15, 0.2) is 85.1 Å². The number of piperidine rings is 1. The fourth-order valence-electron chi connectivity index (χ4n) is 5.30. The van der Waals surface area contributed by atoms with Gasteiger partial charge in [0.15, 0.2) is 0 Å². The molecular formula is C30H30IN3. The number of benzene rings is 3. The highest BCUT2D eigenvalue weighted by Crippen LogP contribution is 2.35. The van der Waals surface area contributed by atoms with Gasteiger partial charge in [0.1, 0.15) is 0 Å². The second-order valence-corrected chi connectivity index (χ2v) is 10.6. The number of fused-ring (bicyclic) bond motifs is 1. The maximum absolute atomic E-state index is 9.93. The minimum Gasteiger partial charge on any atom is -0.316 e. The van der Waals surface area contributed by atoms with Crippen LogP contribution in [0.2, 0.25) is 0 Å². The zero-order valence-electron chi connectivity index (χ0n) is 19.5. The first-order chi connectivity index (χ1) is 16.7. The van der Waals surface area contributed by atoms with E-state index in [0.717, 1.165) is 38.9 Å². The molecule has 1 fully saturated rings. The first-order valence-corrected chi connectivity index (χ1v) is 13.3. The van der Waals surface area contributed by atoms with E-state index in [4.69, 9.17) is 0 Å². The van der Waals surface area contributed by atoms with Crippen molar-refractivity contribution >= 4 is 33.5 Å². The number of hydrogen-bond acceptors (Lipinski definition) is 2. The Morgan fingerprint density at radius 2 is 1.56 bits per heavy atom. The third-order valence-electron chi connectivity index (χ3n) is 7.32. The van der Waals surface area contributed by atoms with Crippen LogP contribution in [0.4, 0.5) is 0 Å². The Bertz CT molecular complexity index is 1280. The molecule has 34 heavy (non-hydrogen) atoms. The number of likely N-dealkylation sites (tertiary alicyclic amines) is 1. The Morgan fingerprint density at radius 1 is 0.853 bits per heavy atom. The van der Waals surface area contributed by atoms with Gasteiger partial charge in [-0.15, -0.1) is 0 Å². The molecule has 0 radical (unpaired) electrons. The maximum Gasteiger partial charge on any atom is 0.0846 e. The van der Waals surface area contributed by atoms with E-state index in [-0.39, 0.29) is 5.41 Å². The molecule has 3 aromatic carbocycles. The number of aryl methyl sites for hydroxylation is 1. The highest BCUT2D eigenvalue weighted by Gasteiger charge is 2.36. The van der Waals surface area contributed by atoms with Crippen LogP contribution < -0.4 is 0 Å². The summed E-state index contributed by atoms with van der Waals surface area (Å²) in [6.07, 6.45) is 7.65. The zero-order chi connectivity index (χ0) is 23.4. The van der Waals surface area contributed by atoms with Crippen molar-refractivity contribution in [1.29, 1.82) is 5.26 Å². The molecule has 1 aromatic heterocycles. The largest absolute Gasteiger partial charge is 0.316 e. The van der Waals surface area contributed by atoms with Gasteiger partial charge < -0.3 is 9.47 Å². The Hall–Kier alpha value is -2.62. The first-order valence-electron chi connectivity index (χ1n) is 12.2. The van der Waals surface area contributed by atoms with Crippen LogP contribution in [0.5, 0.6) is 0 Å². The molecule has 0 N–H and O–H groups in total. The van der Waals surface area contributed by atoms with Crippen molar-refractivity contribution in [2.24, 2.45) is 0 Å². The molecule has 2 heterocycles. The van der Waals surface area contributed by atoms with Crippen molar-refractivity contribution in [2.45, 2.75) is 37.5 Å². The Balaban J connectivity index is 1.19. The van der Waals surface area contributed by atoms with E-state index in [1.807, 2.05) is 6.07 Å². The number of nitrogens with zero attached hydrogens (tertiary/aromatic N) is 3. The van der Waals surface area contributed by atoms with Gasteiger partial charge in [0, 0.05) is 20.8 Å². The van der Waals surface area contributed by atoms with Gasteiger partial charge in [-0.1, -0.05) is 48.5 Å². The van der Waals surface area contributed by atoms with Gasteiger partial charge in [-0.3, -0.25) is 0 Å². The van der Waals surface area contributed by atoms with Crippen LogP contribution in [0.25, 0.3) is 16.6 Å². The minimum atomic E-state index is -0.310. The molecule has 4 heteroatoms. The number of aromatic nitrogens is 1. The minimum absolute atomic E-state index is 0.310. The van der Waals surface area contributed by atoms with Crippen molar-refractivity contribution in [3.63, 3.8) is 0 Å². The standard InChI is InChI=1S/C30H30IN3/c31-26-13-15-27(16-14-26)34-22-24(28-11-4-5-12-29(28)34)8-6-7-19-33-20-17-30(23-32,18-21-33)25-9-2-1-3-10-25/h1-5,9-16,22H,6-8,17-21H2. The predicted octanol–water partition coefficient (Wildman–Crippen LogP) is 7.12. The fraction of sp³-hybridized carbons (Fsp3) is 0.300. The average Bonchev–Trinajstić information content (AvgIpc) is 3.27. The van der Waals surface area contributed by atoms with Gasteiger partial charge >= 0.3 is 0 Å². The number of rotatable bonds is 7. The number of halogens is 1. The molecule has 0 bridgehead atoms. The number of nitriles is 1. The lowest BCUT2D eigenvalue weighted by atomic mass is 9.74. The SMILES string of the molecule is N#CC1(c2ccccc2)CCN(CCCCc2cn(-c3ccc(I)cc3)c3ccccc23)CC1. The van der Waals surface area contributed by atoms with Crippen LogP contribution in [-0.2, 0) is 11.8 Å². The summed E-state index contributed by atoms with van der Waals surface area (Å²) in [5.41, 5.74) is 4.80. The summed E-state index contributed by atoms with van der Waals surface area (Å²) in [7, 11) is 0. The predicted molar refractivity (Wildman–Crippen MR) is 148 cm³/mol. The van der Waals surface area contributed by atoms with E-state index in [0.29, 0.717) is 0 Å². The van der Waals surface area contributed by atoms with E-state index in [2.05, 4.69) is 117 Å².